The van der Waals surface area contributed by atoms with E-state index in [0.717, 1.165) is 5.56 Å². The van der Waals surface area contributed by atoms with Crippen molar-refractivity contribution in [3.8, 4) is 5.75 Å². The van der Waals surface area contributed by atoms with Crippen LogP contribution in [0.3, 0.4) is 0 Å². The number of carbonyl (C=O) groups excluding carboxylic acids is 2. The zero-order chi connectivity index (χ0) is 15.3. The first-order chi connectivity index (χ1) is 9.31. The van der Waals surface area contributed by atoms with Gasteiger partial charge in [0.1, 0.15) is 11.8 Å². The topological polar surface area (TPSA) is 81.4 Å². The number of hydrogen-bond acceptors (Lipinski definition) is 3. The lowest BCUT2D eigenvalue weighted by molar-refractivity contribution is -0.120. The normalized spacial score (nSPS) is 12.3. The number of benzene rings is 1. The lowest BCUT2D eigenvalue weighted by Gasteiger charge is -2.18. The summed E-state index contributed by atoms with van der Waals surface area (Å²) in [5.74, 6) is 0.117. The third-order valence-corrected chi connectivity index (χ3v) is 2.98. The van der Waals surface area contributed by atoms with Crippen LogP contribution in [0.2, 0.25) is 0 Å². The molecular weight excluding hydrogens is 256 g/mol. The van der Waals surface area contributed by atoms with Gasteiger partial charge in [-0.25, -0.2) is 4.79 Å². The van der Waals surface area contributed by atoms with E-state index < -0.39 is 18.0 Å². The van der Waals surface area contributed by atoms with E-state index in [4.69, 9.17) is 10.5 Å². The maximum Gasteiger partial charge on any atom is 0.413 e. The molecular formula is C15H22N2O3. The predicted molar refractivity (Wildman–Crippen MR) is 77.5 cm³/mol. The number of primary amides is 1. The Hall–Kier alpha value is -2.04. The van der Waals surface area contributed by atoms with Crippen LogP contribution in [0, 0.1) is 5.92 Å². The summed E-state index contributed by atoms with van der Waals surface area (Å²) >= 11 is 0. The zero-order valence-corrected chi connectivity index (χ0v) is 12.3. The van der Waals surface area contributed by atoms with Crippen molar-refractivity contribution < 1.29 is 14.3 Å². The molecule has 1 unspecified atom stereocenters. The van der Waals surface area contributed by atoms with Crippen LogP contribution in [-0.4, -0.2) is 18.0 Å². The van der Waals surface area contributed by atoms with E-state index in [2.05, 4.69) is 19.2 Å². The highest BCUT2D eigenvalue weighted by atomic mass is 16.6. The number of ether oxygens (including phenoxy) is 1. The van der Waals surface area contributed by atoms with Crippen LogP contribution in [-0.2, 0) is 4.79 Å². The summed E-state index contributed by atoms with van der Waals surface area (Å²) < 4.78 is 5.18. The van der Waals surface area contributed by atoms with Gasteiger partial charge in [0.25, 0.3) is 0 Å². The average molecular weight is 278 g/mol. The molecule has 3 N–H and O–H groups in total. The summed E-state index contributed by atoms with van der Waals surface area (Å²) in [4.78, 5) is 23.0. The molecule has 1 rings (SSSR count). The van der Waals surface area contributed by atoms with E-state index in [9.17, 15) is 9.59 Å². The Labute approximate surface area is 119 Å². The molecule has 0 radical (unpaired) electrons. The summed E-state index contributed by atoms with van der Waals surface area (Å²) in [5, 5.41) is 2.48. The molecule has 5 heteroatoms. The average Bonchev–Trinajstić information content (AvgIpc) is 2.35. The quantitative estimate of drug-likeness (QED) is 0.867. The highest BCUT2D eigenvalue weighted by molar-refractivity contribution is 5.85. The SMILES string of the molecule is CC(C)c1cccc(OC(=O)NC(C(N)=O)C(C)C)c1. The third-order valence-electron chi connectivity index (χ3n) is 2.98. The standard InChI is InChI=1S/C15H22N2O3/c1-9(2)11-6-5-7-12(8-11)20-15(19)17-13(10(3)4)14(16)18/h5-10,13H,1-4H3,(H2,16,18)(H,17,19). The van der Waals surface area contributed by atoms with Gasteiger partial charge in [-0.3, -0.25) is 4.79 Å². The molecule has 1 aromatic rings. The highest BCUT2D eigenvalue weighted by Gasteiger charge is 2.22. The molecule has 0 aliphatic heterocycles. The first-order valence-electron chi connectivity index (χ1n) is 6.69. The van der Waals surface area contributed by atoms with Gasteiger partial charge in [-0.15, -0.1) is 0 Å². The molecule has 1 atom stereocenters. The Balaban J connectivity index is 2.71. The summed E-state index contributed by atoms with van der Waals surface area (Å²) in [6.07, 6.45) is -0.677. The molecule has 0 saturated carbocycles. The first-order valence-corrected chi connectivity index (χ1v) is 6.69. The molecule has 0 saturated heterocycles. The van der Waals surface area contributed by atoms with Gasteiger partial charge in [-0.2, -0.15) is 0 Å². The van der Waals surface area contributed by atoms with Crippen LogP contribution in [0.5, 0.6) is 5.75 Å². The van der Waals surface area contributed by atoms with Crippen molar-refractivity contribution >= 4 is 12.0 Å². The molecule has 0 fully saturated rings. The second-order valence-electron chi connectivity index (χ2n) is 5.39. The van der Waals surface area contributed by atoms with Crippen LogP contribution in [0.15, 0.2) is 24.3 Å². The van der Waals surface area contributed by atoms with E-state index in [1.807, 2.05) is 12.1 Å². The number of hydrogen-bond donors (Lipinski definition) is 2. The fraction of sp³-hybridized carbons (Fsp3) is 0.467. The van der Waals surface area contributed by atoms with Crippen molar-refractivity contribution in [1.82, 2.24) is 5.32 Å². The van der Waals surface area contributed by atoms with Gasteiger partial charge >= 0.3 is 6.09 Å². The van der Waals surface area contributed by atoms with Gasteiger partial charge in [-0.05, 0) is 29.5 Å². The summed E-state index contributed by atoms with van der Waals surface area (Å²) in [6.45, 7) is 7.71. The molecule has 0 aliphatic rings. The summed E-state index contributed by atoms with van der Waals surface area (Å²) in [5.41, 5.74) is 6.31. The largest absolute Gasteiger partial charge is 0.413 e. The number of nitrogens with one attached hydrogen (secondary N) is 1. The fourth-order valence-corrected chi connectivity index (χ4v) is 1.77. The van der Waals surface area contributed by atoms with Crippen LogP contribution in [0.4, 0.5) is 4.79 Å². The Morgan fingerprint density at radius 1 is 1.20 bits per heavy atom. The molecule has 0 heterocycles. The van der Waals surface area contributed by atoms with E-state index in [-0.39, 0.29) is 5.92 Å². The van der Waals surface area contributed by atoms with Crippen molar-refractivity contribution in [2.75, 3.05) is 0 Å². The maximum atomic E-state index is 11.8. The highest BCUT2D eigenvalue weighted by Crippen LogP contribution is 2.20. The van der Waals surface area contributed by atoms with Gasteiger partial charge in [0, 0.05) is 0 Å². The third kappa shape index (κ3) is 4.57. The second kappa shape index (κ2) is 6.93. The van der Waals surface area contributed by atoms with Gasteiger partial charge in [0.15, 0.2) is 0 Å². The minimum atomic E-state index is -0.740. The van der Waals surface area contributed by atoms with Crippen molar-refractivity contribution in [1.29, 1.82) is 0 Å². The summed E-state index contributed by atoms with van der Waals surface area (Å²) in [6, 6.07) is 6.55. The molecule has 0 bridgehead atoms. The predicted octanol–water partition coefficient (Wildman–Crippen LogP) is 2.41. The number of amides is 2. The molecule has 5 nitrogen and oxygen atoms in total. The Morgan fingerprint density at radius 3 is 2.35 bits per heavy atom. The molecule has 1 aromatic carbocycles. The number of nitrogens with two attached hydrogens (primary N) is 1. The molecule has 110 valence electrons. The van der Waals surface area contributed by atoms with Gasteiger partial charge in [0.05, 0.1) is 0 Å². The first kappa shape index (κ1) is 16.0. The molecule has 0 aliphatic carbocycles. The van der Waals surface area contributed by atoms with Crippen molar-refractivity contribution in [2.24, 2.45) is 11.7 Å². The van der Waals surface area contributed by atoms with E-state index in [0.29, 0.717) is 11.7 Å². The number of carbonyl (C=O) groups is 2. The number of rotatable bonds is 5. The zero-order valence-electron chi connectivity index (χ0n) is 12.3. The molecule has 20 heavy (non-hydrogen) atoms. The second-order valence-corrected chi connectivity index (χ2v) is 5.39. The van der Waals surface area contributed by atoms with Crippen molar-refractivity contribution in [3.05, 3.63) is 29.8 Å². The maximum absolute atomic E-state index is 11.8. The van der Waals surface area contributed by atoms with Gasteiger partial charge in [0.2, 0.25) is 5.91 Å². The van der Waals surface area contributed by atoms with Crippen molar-refractivity contribution in [2.45, 2.75) is 39.7 Å². The Bertz CT molecular complexity index is 484. The monoisotopic (exact) mass is 278 g/mol. The van der Waals surface area contributed by atoms with E-state index in [1.165, 1.54) is 0 Å². The summed E-state index contributed by atoms with van der Waals surface area (Å²) in [7, 11) is 0. The van der Waals surface area contributed by atoms with Gasteiger partial charge in [-0.1, -0.05) is 39.8 Å². The van der Waals surface area contributed by atoms with E-state index >= 15 is 0 Å². The van der Waals surface area contributed by atoms with Gasteiger partial charge < -0.3 is 15.8 Å². The lowest BCUT2D eigenvalue weighted by atomic mass is 10.0. The van der Waals surface area contributed by atoms with Crippen molar-refractivity contribution in [3.63, 3.8) is 0 Å². The Kier molecular flexibility index (Phi) is 5.55. The molecule has 0 aromatic heterocycles. The fourth-order valence-electron chi connectivity index (χ4n) is 1.77. The van der Waals surface area contributed by atoms with Crippen LogP contribution in [0.25, 0.3) is 0 Å². The minimum absolute atomic E-state index is 0.0953. The molecule has 0 spiro atoms. The smallest absolute Gasteiger partial charge is 0.410 e. The Morgan fingerprint density at radius 2 is 1.85 bits per heavy atom. The minimum Gasteiger partial charge on any atom is -0.410 e. The van der Waals surface area contributed by atoms with Crippen LogP contribution in [0.1, 0.15) is 39.2 Å². The lowest BCUT2D eigenvalue weighted by Crippen LogP contribution is -2.48. The molecule has 2 amide bonds. The van der Waals surface area contributed by atoms with Crippen LogP contribution < -0.4 is 15.8 Å². The van der Waals surface area contributed by atoms with Crippen LogP contribution >= 0.6 is 0 Å². The van der Waals surface area contributed by atoms with E-state index in [1.54, 1.807) is 26.0 Å².